The zero-order valence-electron chi connectivity index (χ0n) is 15.3. The topological polar surface area (TPSA) is 61.5 Å². The molecule has 0 saturated carbocycles. The highest BCUT2D eigenvalue weighted by Gasteiger charge is 2.23. The van der Waals surface area contributed by atoms with Gasteiger partial charge in [0.05, 0.1) is 12.8 Å². The van der Waals surface area contributed by atoms with Crippen LogP contribution in [-0.2, 0) is 0 Å². The maximum absolute atomic E-state index is 12.6. The van der Waals surface area contributed by atoms with Crippen LogP contribution >= 0.6 is 0 Å². The van der Waals surface area contributed by atoms with Crippen LogP contribution in [0, 0.1) is 0 Å². The number of rotatable bonds is 4. The Morgan fingerprint density at radius 3 is 2.37 bits per heavy atom. The minimum Gasteiger partial charge on any atom is -0.497 e. The van der Waals surface area contributed by atoms with Crippen LogP contribution in [0.5, 0.6) is 5.75 Å². The lowest BCUT2D eigenvalue weighted by atomic mass is 10.1. The van der Waals surface area contributed by atoms with Gasteiger partial charge in [-0.05, 0) is 42.0 Å². The van der Waals surface area contributed by atoms with Gasteiger partial charge in [-0.15, -0.1) is 0 Å². The Morgan fingerprint density at radius 2 is 1.70 bits per heavy atom. The fourth-order valence-electron chi connectivity index (χ4n) is 3.29. The Morgan fingerprint density at radius 1 is 1.00 bits per heavy atom. The van der Waals surface area contributed by atoms with E-state index < -0.39 is 0 Å². The van der Waals surface area contributed by atoms with Crippen molar-refractivity contribution in [2.75, 3.05) is 38.2 Å². The zero-order valence-corrected chi connectivity index (χ0v) is 15.3. The number of carbonyl (C=O) groups is 1. The largest absolute Gasteiger partial charge is 0.497 e. The molecule has 6 heteroatoms. The van der Waals surface area contributed by atoms with Crippen molar-refractivity contribution in [1.29, 1.82) is 0 Å². The van der Waals surface area contributed by atoms with Gasteiger partial charge in [0.15, 0.2) is 5.82 Å². The molecule has 1 aliphatic rings. The predicted octanol–water partition coefficient (Wildman–Crippen LogP) is 3.05. The van der Waals surface area contributed by atoms with Gasteiger partial charge in [-0.25, -0.2) is 0 Å². The van der Waals surface area contributed by atoms with Crippen LogP contribution in [0.4, 0.5) is 5.82 Å². The minimum absolute atomic E-state index is 0.0937. The number of benzene rings is 2. The number of hydrogen-bond acceptors (Lipinski definition) is 4. The van der Waals surface area contributed by atoms with Gasteiger partial charge < -0.3 is 14.5 Å². The fourth-order valence-corrected chi connectivity index (χ4v) is 3.29. The maximum Gasteiger partial charge on any atom is 0.253 e. The number of H-pyrrole nitrogens is 1. The summed E-state index contributed by atoms with van der Waals surface area (Å²) in [7, 11) is 1.66. The Balaban J connectivity index is 1.40. The summed E-state index contributed by atoms with van der Waals surface area (Å²) >= 11 is 0. The van der Waals surface area contributed by atoms with E-state index in [0.717, 1.165) is 41.5 Å². The lowest BCUT2D eigenvalue weighted by molar-refractivity contribution is 0.0746. The quantitative estimate of drug-likeness (QED) is 0.775. The molecule has 1 saturated heterocycles. The van der Waals surface area contributed by atoms with Crippen molar-refractivity contribution >= 4 is 11.7 Å². The van der Waals surface area contributed by atoms with Crippen molar-refractivity contribution in [2.45, 2.75) is 0 Å². The van der Waals surface area contributed by atoms with Gasteiger partial charge in [-0.2, -0.15) is 5.10 Å². The first kappa shape index (κ1) is 17.1. The molecule has 1 N–H and O–H groups in total. The first-order valence-corrected chi connectivity index (χ1v) is 9.04. The smallest absolute Gasteiger partial charge is 0.253 e. The summed E-state index contributed by atoms with van der Waals surface area (Å²) in [6.07, 6.45) is 0. The second-order valence-electron chi connectivity index (χ2n) is 6.51. The van der Waals surface area contributed by atoms with Gasteiger partial charge >= 0.3 is 0 Å². The van der Waals surface area contributed by atoms with Crippen LogP contribution in [0.25, 0.3) is 11.3 Å². The molecule has 0 aliphatic carbocycles. The van der Waals surface area contributed by atoms with Gasteiger partial charge in [0.1, 0.15) is 5.75 Å². The van der Waals surface area contributed by atoms with Crippen molar-refractivity contribution in [3.05, 3.63) is 66.2 Å². The highest BCUT2D eigenvalue weighted by atomic mass is 16.5. The third kappa shape index (κ3) is 3.65. The molecule has 0 spiro atoms. The van der Waals surface area contributed by atoms with E-state index in [1.807, 2.05) is 59.5 Å². The Hall–Kier alpha value is -3.28. The van der Waals surface area contributed by atoms with Crippen LogP contribution in [0.1, 0.15) is 10.4 Å². The first-order chi connectivity index (χ1) is 13.2. The van der Waals surface area contributed by atoms with Crippen LogP contribution in [-0.4, -0.2) is 54.3 Å². The van der Waals surface area contributed by atoms with Gasteiger partial charge in [-0.1, -0.05) is 18.2 Å². The molecule has 1 aliphatic heterocycles. The Labute approximate surface area is 158 Å². The Kier molecular flexibility index (Phi) is 4.78. The molecular formula is C21H22N4O2. The molecule has 1 amide bonds. The number of carbonyl (C=O) groups excluding carboxylic acids is 1. The van der Waals surface area contributed by atoms with Crippen LogP contribution in [0.15, 0.2) is 60.7 Å². The molecule has 0 radical (unpaired) electrons. The molecule has 6 nitrogen and oxygen atoms in total. The summed E-state index contributed by atoms with van der Waals surface area (Å²) in [4.78, 5) is 16.7. The number of nitrogens with zero attached hydrogens (tertiary/aromatic N) is 3. The van der Waals surface area contributed by atoms with Gasteiger partial charge in [-0.3, -0.25) is 9.89 Å². The molecule has 4 rings (SSSR count). The van der Waals surface area contributed by atoms with E-state index >= 15 is 0 Å². The number of ether oxygens (including phenoxy) is 1. The molecule has 0 bridgehead atoms. The molecule has 138 valence electrons. The van der Waals surface area contributed by atoms with E-state index in [1.165, 1.54) is 0 Å². The maximum atomic E-state index is 12.6. The molecule has 0 atom stereocenters. The molecule has 1 aromatic heterocycles. The number of methoxy groups -OCH3 is 1. The lowest BCUT2D eigenvalue weighted by Gasteiger charge is -2.34. The number of aromatic amines is 1. The van der Waals surface area contributed by atoms with Gasteiger partial charge in [0.2, 0.25) is 0 Å². The molecule has 1 fully saturated rings. The molecule has 27 heavy (non-hydrogen) atoms. The highest BCUT2D eigenvalue weighted by Crippen LogP contribution is 2.24. The number of amides is 1. The number of aromatic nitrogens is 2. The fraction of sp³-hybridized carbons (Fsp3) is 0.238. The van der Waals surface area contributed by atoms with E-state index in [0.29, 0.717) is 13.1 Å². The molecule has 0 unspecified atom stereocenters. The van der Waals surface area contributed by atoms with Crippen molar-refractivity contribution in [1.82, 2.24) is 15.1 Å². The second kappa shape index (κ2) is 7.53. The van der Waals surface area contributed by atoms with Crippen LogP contribution in [0.3, 0.4) is 0 Å². The lowest BCUT2D eigenvalue weighted by Crippen LogP contribution is -2.48. The number of anilines is 1. The van der Waals surface area contributed by atoms with E-state index in [2.05, 4.69) is 21.2 Å². The first-order valence-electron chi connectivity index (χ1n) is 9.04. The van der Waals surface area contributed by atoms with Crippen LogP contribution in [0.2, 0.25) is 0 Å². The number of nitrogens with one attached hydrogen (secondary N) is 1. The second-order valence-corrected chi connectivity index (χ2v) is 6.51. The summed E-state index contributed by atoms with van der Waals surface area (Å²) < 4.78 is 5.20. The third-order valence-corrected chi connectivity index (χ3v) is 4.88. The van der Waals surface area contributed by atoms with Crippen molar-refractivity contribution in [2.24, 2.45) is 0 Å². The average molecular weight is 362 g/mol. The normalized spacial score (nSPS) is 14.3. The Bertz CT molecular complexity index is 897. The summed E-state index contributed by atoms with van der Waals surface area (Å²) in [5.74, 6) is 1.83. The summed E-state index contributed by atoms with van der Waals surface area (Å²) in [5.41, 5.74) is 2.77. The number of hydrogen-bond donors (Lipinski definition) is 1. The third-order valence-electron chi connectivity index (χ3n) is 4.88. The molecule has 2 aromatic carbocycles. The minimum atomic E-state index is 0.0937. The summed E-state index contributed by atoms with van der Waals surface area (Å²) in [5, 5.41) is 7.56. The van der Waals surface area contributed by atoms with E-state index in [9.17, 15) is 4.79 Å². The van der Waals surface area contributed by atoms with E-state index in [1.54, 1.807) is 7.11 Å². The summed E-state index contributed by atoms with van der Waals surface area (Å²) in [6.45, 7) is 2.92. The monoisotopic (exact) mass is 362 g/mol. The van der Waals surface area contributed by atoms with Crippen LogP contribution < -0.4 is 9.64 Å². The van der Waals surface area contributed by atoms with Gasteiger partial charge in [0, 0.05) is 37.8 Å². The SMILES string of the molecule is COc1ccc(-c2cc(N3CCN(C(=O)c4ccccc4)CC3)n[nH]2)cc1. The van der Waals surface area contributed by atoms with E-state index in [-0.39, 0.29) is 5.91 Å². The van der Waals surface area contributed by atoms with Gasteiger partial charge in [0.25, 0.3) is 5.91 Å². The summed E-state index contributed by atoms with van der Waals surface area (Å²) in [6, 6.07) is 19.4. The van der Waals surface area contributed by atoms with E-state index in [4.69, 9.17) is 4.74 Å². The molecule has 2 heterocycles. The molecule has 3 aromatic rings. The number of piperazine rings is 1. The zero-order chi connectivity index (χ0) is 18.6. The molecular weight excluding hydrogens is 340 g/mol. The van der Waals surface area contributed by atoms with Crippen molar-refractivity contribution in [3.63, 3.8) is 0 Å². The standard InChI is InChI=1S/C21H22N4O2/c1-27-18-9-7-16(8-10-18)19-15-20(23-22-19)24-11-13-25(14-12-24)21(26)17-5-3-2-4-6-17/h2-10,15H,11-14H2,1H3,(H,22,23). The van der Waals surface area contributed by atoms with Crippen molar-refractivity contribution < 1.29 is 9.53 Å². The van der Waals surface area contributed by atoms with Crippen molar-refractivity contribution in [3.8, 4) is 17.0 Å². The average Bonchev–Trinajstić information content (AvgIpc) is 3.24. The predicted molar refractivity (Wildman–Crippen MR) is 105 cm³/mol. The highest BCUT2D eigenvalue weighted by molar-refractivity contribution is 5.94.